The van der Waals surface area contributed by atoms with Crippen molar-refractivity contribution >= 4 is 28.3 Å². The molecule has 3 aromatic rings. The Labute approximate surface area is 174 Å². The highest BCUT2D eigenvalue weighted by atomic mass is 32.1. The summed E-state index contributed by atoms with van der Waals surface area (Å²) in [5.41, 5.74) is 3.12. The summed E-state index contributed by atoms with van der Waals surface area (Å²) in [5, 5.41) is 7.77. The van der Waals surface area contributed by atoms with Crippen molar-refractivity contribution in [1.29, 1.82) is 0 Å². The summed E-state index contributed by atoms with van der Waals surface area (Å²) in [4.78, 5) is 33.5. The molecule has 0 saturated carbocycles. The van der Waals surface area contributed by atoms with E-state index >= 15 is 0 Å². The zero-order valence-electron chi connectivity index (χ0n) is 16.9. The van der Waals surface area contributed by atoms with E-state index in [0.717, 1.165) is 11.3 Å². The van der Waals surface area contributed by atoms with Gasteiger partial charge >= 0.3 is 0 Å². The van der Waals surface area contributed by atoms with Crippen LogP contribution in [-0.2, 0) is 10.2 Å². The van der Waals surface area contributed by atoms with Crippen LogP contribution in [0.25, 0.3) is 11.4 Å². The van der Waals surface area contributed by atoms with Gasteiger partial charge in [0.25, 0.3) is 5.91 Å². The zero-order chi connectivity index (χ0) is 21.0. The molecule has 3 rings (SSSR count). The minimum Gasteiger partial charge on any atom is -0.341 e. The maximum absolute atomic E-state index is 12.4. The van der Waals surface area contributed by atoms with Crippen LogP contribution in [0.15, 0.2) is 54.0 Å². The number of nitrogens with zero attached hydrogens (tertiary/aromatic N) is 2. The smallest absolute Gasteiger partial charge is 0.251 e. The molecule has 1 unspecified atom stereocenters. The number of hydrogen-bond acceptors (Lipinski definition) is 5. The largest absolute Gasteiger partial charge is 0.341 e. The normalized spacial score (nSPS) is 12.3. The predicted molar refractivity (Wildman–Crippen MR) is 116 cm³/mol. The SMILES string of the molecule is CC(NC(=O)c1ccc(C(C)(C)C)cc1)C(=O)Nc1nc(-c2ccccn2)cs1. The highest BCUT2D eigenvalue weighted by molar-refractivity contribution is 7.14. The number of nitrogens with one attached hydrogen (secondary N) is 2. The van der Waals surface area contributed by atoms with Gasteiger partial charge in [-0.25, -0.2) is 4.98 Å². The average Bonchev–Trinajstić information content (AvgIpc) is 3.16. The van der Waals surface area contributed by atoms with Crippen LogP contribution in [0.5, 0.6) is 0 Å². The van der Waals surface area contributed by atoms with Gasteiger partial charge in [0, 0.05) is 17.1 Å². The fourth-order valence-electron chi connectivity index (χ4n) is 2.64. The van der Waals surface area contributed by atoms with Crippen LogP contribution in [0, 0.1) is 0 Å². The molecule has 150 valence electrons. The lowest BCUT2D eigenvalue weighted by molar-refractivity contribution is -0.117. The number of aromatic nitrogens is 2. The van der Waals surface area contributed by atoms with Crippen molar-refractivity contribution in [1.82, 2.24) is 15.3 Å². The van der Waals surface area contributed by atoms with Crippen LogP contribution in [0.4, 0.5) is 5.13 Å². The van der Waals surface area contributed by atoms with Gasteiger partial charge in [-0.2, -0.15) is 0 Å². The second-order valence-corrected chi connectivity index (χ2v) is 8.62. The predicted octanol–water partition coefficient (Wildman–Crippen LogP) is 4.26. The van der Waals surface area contributed by atoms with Crippen LogP contribution in [0.2, 0.25) is 0 Å². The molecule has 6 nitrogen and oxygen atoms in total. The fraction of sp³-hybridized carbons (Fsp3) is 0.273. The van der Waals surface area contributed by atoms with Crippen molar-refractivity contribution in [3.63, 3.8) is 0 Å². The third-order valence-electron chi connectivity index (χ3n) is 4.42. The van der Waals surface area contributed by atoms with Crippen LogP contribution < -0.4 is 10.6 Å². The number of pyridine rings is 1. The van der Waals surface area contributed by atoms with Gasteiger partial charge in [0.05, 0.1) is 5.69 Å². The molecule has 0 spiro atoms. The van der Waals surface area contributed by atoms with Gasteiger partial charge in [-0.1, -0.05) is 39.0 Å². The quantitative estimate of drug-likeness (QED) is 0.661. The third kappa shape index (κ3) is 5.26. The van der Waals surface area contributed by atoms with E-state index in [1.807, 2.05) is 35.7 Å². The van der Waals surface area contributed by atoms with Gasteiger partial charge in [-0.05, 0) is 42.2 Å². The standard InChI is InChI=1S/C22H24N4O2S/c1-14(24-20(28)15-8-10-16(11-9-15)22(2,3)4)19(27)26-21-25-18(13-29-21)17-7-5-6-12-23-17/h5-14H,1-4H3,(H,24,28)(H,25,26,27). The van der Waals surface area contributed by atoms with Crippen molar-refractivity contribution in [3.8, 4) is 11.4 Å². The second-order valence-electron chi connectivity index (χ2n) is 7.76. The number of benzene rings is 1. The van der Waals surface area contributed by atoms with Crippen molar-refractivity contribution < 1.29 is 9.59 Å². The Morgan fingerprint density at radius 3 is 2.38 bits per heavy atom. The summed E-state index contributed by atoms with van der Waals surface area (Å²) in [6.45, 7) is 8.00. The number of hydrogen-bond donors (Lipinski definition) is 2. The van der Waals surface area contributed by atoms with E-state index in [1.165, 1.54) is 11.3 Å². The van der Waals surface area contributed by atoms with Gasteiger partial charge in [0.2, 0.25) is 5.91 Å². The van der Waals surface area contributed by atoms with E-state index in [4.69, 9.17) is 0 Å². The number of thiazole rings is 1. The lowest BCUT2D eigenvalue weighted by Gasteiger charge is -2.19. The van der Waals surface area contributed by atoms with Crippen molar-refractivity contribution in [2.75, 3.05) is 5.32 Å². The van der Waals surface area contributed by atoms with Gasteiger partial charge in [0.1, 0.15) is 11.7 Å². The summed E-state index contributed by atoms with van der Waals surface area (Å²) in [7, 11) is 0. The van der Waals surface area contributed by atoms with Gasteiger partial charge < -0.3 is 10.6 Å². The molecule has 1 atom stereocenters. The Kier molecular flexibility index (Phi) is 6.08. The van der Waals surface area contributed by atoms with E-state index < -0.39 is 6.04 Å². The molecule has 0 aliphatic heterocycles. The molecule has 0 saturated heterocycles. The summed E-state index contributed by atoms with van der Waals surface area (Å²) >= 11 is 1.31. The molecule has 2 aromatic heterocycles. The Morgan fingerprint density at radius 2 is 1.76 bits per heavy atom. The maximum Gasteiger partial charge on any atom is 0.251 e. The molecule has 7 heteroatoms. The first kappa shape index (κ1) is 20.7. The van der Waals surface area contributed by atoms with Crippen LogP contribution in [0.1, 0.15) is 43.6 Å². The average molecular weight is 409 g/mol. The summed E-state index contributed by atoms with van der Waals surface area (Å²) < 4.78 is 0. The number of anilines is 1. The van der Waals surface area contributed by atoms with Crippen LogP contribution in [-0.4, -0.2) is 27.8 Å². The Hall–Kier alpha value is -3.06. The second kappa shape index (κ2) is 8.53. The zero-order valence-corrected chi connectivity index (χ0v) is 17.7. The molecule has 2 N–H and O–H groups in total. The molecule has 29 heavy (non-hydrogen) atoms. The molecule has 0 fully saturated rings. The first-order valence-corrected chi connectivity index (χ1v) is 10.2. The lowest BCUT2D eigenvalue weighted by Crippen LogP contribution is -2.41. The maximum atomic E-state index is 12.4. The van der Waals surface area contributed by atoms with Crippen molar-refractivity contribution in [2.24, 2.45) is 0 Å². The first-order valence-electron chi connectivity index (χ1n) is 9.33. The molecule has 0 radical (unpaired) electrons. The molecule has 0 aliphatic rings. The van der Waals surface area contributed by atoms with Crippen molar-refractivity contribution in [2.45, 2.75) is 39.2 Å². The van der Waals surface area contributed by atoms with Gasteiger partial charge in [-0.15, -0.1) is 11.3 Å². The van der Waals surface area contributed by atoms with Crippen LogP contribution >= 0.6 is 11.3 Å². The molecule has 2 amide bonds. The van der Waals surface area contributed by atoms with E-state index in [0.29, 0.717) is 16.4 Å². The van der Waals surface area contributed by atoms with Gasteiger partial charge in [-0.3, -0.25) is 14.6 Å². The molecular formula is C22H24N4O2S. The molecule has 0 bridgehead atoms. The lowest BCUT2D eigenvalue weighted by atomic mass is 9.86. The number of amides is 2. The first-order chi connectivity index (χ1) is 13.7. The summed E-state index contributed by atoms with van der Waals surface area (Å²) in [6, 6.07) is 12.3. The molecule has 1 aromatic carbocycles. The van der Waals surface area contributed by atoms with Gasteiger partial charge in [0.15, 0.2) is 5.13 Å². The Bertz CT molecular complexity index is 992. The third-order valence-corrected chi connectivity index (χ3v) is 5.17. The monoisotopic (exact) mass is 408 g/mol. The van der Waals surface area contributed by atoms with E-state index in [1.54, 1.807) is 25.3 Å². The fourth-order valence-corrected chi connectivity index (χ4v) is 3.35. The number of rotatable bonds is 5. The highest BCUT2D eigenvalue weighted by Gasteiger charge is 2.19. The number of carbonyl (C=O) groups excluding carboxylic acids is 2. The molecular weight excluding hydrogens is 384 g/mol. The molecule has 0 aliphatic carbocycles. The highest BCUT2D eigenvalue weighted by Crippen LogP contribution is 2.23. The topological polar surface area (TPSA) is 84.0 Å². The van der Waals surface area contributed by atoms with Crippen molar-refractivity contribution in [3.05, 3.63) is 65.2 Å². The Balaban J connectivity index is 1.59. The summed E-state index contributed by atoms with van der Waals surface area (Å²) in [5.74, 6) is -0.618. The number of carbonyl (C=O) groups is 2. The van der Waals surface area contributed by atoms with E-state index in [-0.39, 0.29) is 17.2 Å². The summed E-state index contributed by atoms with van der Waals surface area (Å²) in [6.07, 6.45) is 1.69. The molecule has 2 heterocycles. The minimum absolute atomic E-state index is 0.0179. The van der Waals surface area contributed by atoms with Crippen LogP contribution in [0.3, 0.4) is 0 Å². The minimum atomic E-state index is -0.702. The van der Waals surface area contributed by atoms with E-state index in [2.05, 4.69) is 41.4 Å². The Morgan fingerprint density at radius 1 is 1.03 bits per heavy atom. The van der Waals surface area contributed by atoms with E-state index in [9.17, 15) is 9.59 Å².